The summed E-state index contributed by atoms with van der Waals surface area (Å²) in [6.45, 7) is 9.33. The van der Waals surface area contributed by atoms with Crippen molar-refractivity contribution >= 4 is 29.3 Å². The molecule has 2 N–H and O–H groups in total. The van der Waals surface area contributed by atoms with E-state index >= 15 is 0 Å². The highest BCUT2D eigenvalue weighted by Crippen LogP contribution is 2.39. The molecule has 2 aliphatic rings. The Kier molecular flexibility index (Phi) is 11.3. The molecule has 7 heteroatoms. The van der Waals surface area contributed by atoms with Crippen LogP contribution in [0.1, 0.15) is 80.0 Å². The first-order valence-corrected chi connectivity index (χ1v) is 15.7. The highest BCUT2D eigenvalue weighted by molar-refractivity contribution is 6.40. The van der Waals surface area contributed by atoms with E-state index in [1.807, 2.05) is 0 Å². The topological polar surface area (TPSA) is 71.2 Å². The van der Waals surface area contributed by atoms with Crippen molar-refractivity contribution in [2.24, 2.45) is 0 Å². The van der Waals surface area contributed by atoms with Crippen LogP contribution in [0.25, 0.3) is 0 Å². The lowest BCUT2D eigenvalue weighted by Crippen LogP contribution is -2.51. The van der Waals surface area contributed by atoms with Crippen LogP contribution in [-0.2, 0) is 16.6 Å². The lowest BCUT2D eigenvalue weighted by molar-refractivity contribution is -0.112. The van der Waals surface area contributed by atoms with Gasteiger partial charge in [0.2, 0.25) is 0 Å². The molecule has 0 amide bonds. The van der Waals surface area contributed by atoms with E-state index in [0.29, 0.717) is 12.8 Å². The highest BCUT2D eigenvalue weighted by atomic mass is 35.5. The van der Waals surface area contributed by atoms with Gasteiger partial charge in [-0.2, -0.15) is 0 Å². The molecule has 1 saturated carbocycles. The third-order valence-corrected chi connectivity index (χ3v) is 9.90. The Morgan fingerprint density at radius 1 is 1.05 bits per heavy atom. The largest absolute Gasteiger partial charge is 0.313 e. The van der Waals surface area contributed by atoms with Crippen LogP contribution >= 0.6 is 11.6 Å². The second kappa shape index (κ2) is 14.7. The minimum absolute atomic E-state index is 0.00496. The van der Waals surface area contributed by atoms with Gasteiger partial charge in [-0.1, -0.05) is 55.1 Å². The zero-order valence-electron chi connectivity index (χ0n) is 24.8. The summed E-state index contributed by atoms with van der Waals surface area (Å²) >= 11 is 6.21. The molecular weight excluding hydrogens is 535 g/mol. The Morgan fingerprint density at radius 3 is 2.44 bits per heavy atom. The van der Waals surface area contributed by atoms with Gasteiger partial charge in [-0.25, -0.2) is 4.39 Å². The molecule has 1 aliphatic heterocycles. The van der Waals surface area contributed by atoms with Gasteiger partial charge < -0.3 is 15.7 Å². The SMILES string of the molecule is Cc1ccc([C@@](CCC=N)(CCN2CCN(C3CCCCC3)CC2)CC(=N)C(=O)Cc2c(F)cccc2Cl)cc1C. The molecule has 0 bridgehead atoms. The Morgan fingerprint density at radius 2 is 1.78 bits per heavy atom. The van der Waals surface area contributed by atoms with Crippen molar-refractivity contribution in [3.63, 3.8) is 0 Å². The van der Waals surface area contributed by atoms with Crippen molar-refractivity contribution in [3.8, 4) is 0 Å². The summed E-state index contributed by atoms with van der Waals surface area (Å²) in [5.41, 5.74) is 3.17. The first kappa shape index (κ1) is 31.5. The molecule has 222 valence electrons. The molecule has 0 spiro atoms. The van der Waals surface area contributed by atoms with E-state index in [1.54, 1.807) is 6.07 Å². The van der Waals surface area contributed by atoms with E-state index in [-0.39, 0.29) is 29.1 Å². The molecule has 5 nitrogen and oxygen atoms in total. The summed E-state index contributed by atoms with van der Waals surface area (Å²) < 4.78 is 14.5. The van der Waals surface area contributed by atoms with Gasteiger partial charge in [0, 0.05) is 61.1 Å². The van der Waals surface area contributed by atoms with Crippen molar-refractivity contribution in [1.82, 2.24) is 9.80 Å². The van der Waals surface area contributed by atoms with Crippen molar-refractivity contribution in [2.75, 3.05) is 32.7 Å². The second-order valence-corrected chi connectivity index (χ2v) is 12.6. The van der Waals surface area contributed by atoms with Crippen LogP contribution in [0.2, 0.25) is 5.02 Å². The molecule has 2 aromatic rings. The number of hydrogen-bond donors (Lipinski definition) is 2. The number of hydrogen-bond acceptors (Lipinski definition) is 5. The molecule has 1 saturated heterocycles. The number of carbonyl (C=O) groups excluding carboxylic acids is 1. The van der Waals surface area contributed by atoms with Gasteiger partial charge in [0.1, 0.15) is 5.82 Å². The molecule has 0 unspecified atom stereocenters. The molecule has 2 aromatic carbocycles. The summed E-state index contributed by atoms with van der Waals surface area (Å²) in [7, 11) is 0. The fourth-order valence-corrected chi connectivity index (χ4v) is 6.92. The third-order valence-electron chi connectivity index (χ3n) is 9.54. The molecule has 1 aliphatic carbocycles. The van der Waals surface area contributed by atoms with Crippen LogP contribution in [0, 0.1) is 30.5 Å². The van der Waals surface area contributed by atoms with Crippen LogP contribution in [0.5, 0.6) is 0 Å². The first-order chi connectivity index (χ1) is 19.7. The minimum atomic E-state index is -0.518. The van der Waals surface area contributed by atoms with Gasteiger partial charge in [-0.05, 0) is 87.5 Å². The maximum atomic E-state index is 14.5. The van der Waals surface area contributed by atoms with Crippen LogP contribution in [-0.4, -0.2) is 66.3 Å². The van der Waals surface area contributed by atoms with Gasteiger partial charge in [-0.3, -0.25) is 9.69 Å². The molecule has 1 atom stereocenters. The fraction of sp³-hybridized carbons (Fsp3) is 0.559. The molecule has 41 heavy (non-hydrogen) atoms. The van der Waals surface area contributed by atoms with E-state index in [1.165, 1.54) is 61.6 Å². The Balaban J connectivity index is 1.52. The van der Waals surface area contributed by atoms with Gasteiger partial charge >= 0.3 is 0 Å². The van der Waals surface area contributed by atoms with E-state index in [9.17, 15) is 9.18 Å². The lowest BCUT2D eigenvalue weighted by atomic mass is 9.69. The molecule has 0 aromatic heterocycles. The first-order valence-electron chi connectivity index (χ1n) is 15.3. The number of benzene rings is 2. The van der Waals surface area contributed by atoms with E-state index in [4.69, 9.17) is 22.4 Å². The molecular formula is C34H46ClFN4O. The quantitative estimate of drug-likeness (QED) is 0.244. The third kappa shape index (κ3) is 8.12. The highest BCUT2D eigenvalue weighted by Gasteiger charge is 2.36. The Bertz CT molecular complexity index is 1200. The van der Waals surface area contributed by atoms with Crippen LogP contribution < -0.4 is 0 Å². The number of nitrogens with one attached hydrogen (secondary N) is 2. The molecule has 4 rings (SSSR count). The average Bonchev–Trinajstić information content (AvgIpc) is 2.98. The number of Topliss-reactive ketones (excluding diaryl/α,β-unsaturated/α-hetero) is 1. The maximum absolute atomic E-state index is 14.5. The predicted octanol–water partition coefficient (Wildman–Crippen LogP) is 7.33. The fourth-order valence-electron chi connectivity index (χ4n) is 6.69. The molecule has 0 radical (unpaired) electrons. The zero-order valence-corrected chi connectivity index (χ0v) is 25.5. The van der Waals surface area contributed by atoms with Gasteiger partial charge in [0.25, 0.3) is 0 Å². The number of piperazine rings is 1. The number of carbonyl (C=O) groups is 1. The summed E-state index contributed by atoms with van der Waals surface area (Å²) in [4.78, 5) is 18.5. The minimum Gasteiger partial charge on any atom is -0.313 e. The number of halogens is 2. The summed E-state index contributed by atoms with van der Waals surface area (Å²) in [6, 6.07) is 11.6. The number of ketones is 1. The number of rotatable bonds is 13. The smallest absolute Gasteiger partial charge is 0.180 e. The van der Waals surface area contributed by atoms with Crippen LogP contribution in [0.4, 0.5) is 4.39 Å². The standard InChI is InChI=1S/C34H46ClFN4O/c1-25-12-13-27(22-26(25)2)34(14-7-16-37,24-32(38)33(41)23-29-30(35)10-6-11-31(29)36)15-17-39-18-20-40(21-19-39)28-8-4-3-5-9-28/h6,10-13,16,22,28,37-38H,3-5,7-9,14-15,17-21,23-24H2,1-2H3/t34-/m0/s1. The second-order valence-electron chi connectivity index (χ2n) is 12.2. The monoisotopic (exact) mass is 580 g/mol. The van der Waals surface area contributed by atoms with E-state index < -0.39 is 17.0 Å². The summed E-state index contributed by atoms with van der Waals surface area (Å²) in [5.74, 6) is -0.920. The van der Waals surface area contributed by atoms with Crippen LogP contribution in [0.3, 0.4) is 0 Å². The van der Waals surface area contributed by atoms with Crippen molar-refractivity contribution < 1.29 is 9.18 Å². The maximum Gasteiger partial charge on any atom is 0.180 e. The van der Waals surface area contributed by atoms with Crippen LogP contribution in [0.15, 0.2) is 36.4 Å². The summed E-state index contributed by atoms with van der Waals surface area (Å²) in [5, 5.41) is 16.9. The summed E-state index contributed by atoms with van der Waals surface area (Å²) in [6.07, 6.45) is 10.2. The van der Waals surface area contributed by atoms with E-state index in [2.05, 4.69) is 41.8 Å². The van der Waals surface area contributed by atoms with Gasteiger partial charge in [0.15, 0.2) is 5.78 Å². The van der Waals surface area contributed by atoms with Gasteiger partial charge in [0.05, 0.1) is 5.71 Å². The number of aryl methyl sites for hydroxylation is 2. The number of nitrogens with zero attached hydrogens (tertiary/aromatic N) is 2. The molecule has 1 heterocycles. The normalized spacial score (nSPS) is 18.6. The predicted molar refractivity (Wildman–Crippen MR) is 168 cm³/mol. The van der Waals surface area contributed by atoms with E-state index in [0.717, 1.165) is 50.7 Å². The van der Waals surface area contributed by atoms with Crippen molar-refractivity contribution in [1.29, 1.82) is 10.8 Å². The lowest BCUT2D eigenvalue weighted by Gasteiger charge is -2.42. The zero-order chi connectivity index (χ0) is 29.4. The molecule has 2 fully saturated rings. The Labute approximate surface area is 250 Å². The van der Waals surface area contributed by atoms with Gasteiger partial charge in [-0.15, -0.1) is 0 Å². The van der Waals surface area contributed by atoms with Crippen molar-refractivity contribution in [3.05, 3.63) is 69.5 Å². The van der Waals surface area contributed by atoms with Crippen molar-refractivity contribution in [2.45, 2.75) is 89.5 Å². The average molecular weight is 581 g/mol. The Hall–Kier alpha value is -2.41.